The van der Waals surface area contributed by atoms with E-state index in [9.17, 15) is 10.2 Å². The molecule has 0 saturated carbocycles. The molecular formula is C28H30Cl2N4O3. The maximum Gasteiger partial charge on any atom is 0.219 e. The second-order valence-electron chi connectivity index (χ2n) is 10.5. The maximum atomic E-state index is 10.5. The number of hydrogen-bond donors (Lipinski definition) is 2. The highest BCUT2D eigenvalue weighted by Gasteiger charge is 2.30. The van der Waals surface area contributed by atoms with Crippen molar-refractivity contribution in [1.29, 1.82) is 0 Å². The van der Waals surface area contributed by atoms with Crippen LogP contribution in [0, 0.1) is 0 Å². The van der Waals surface area contributed by atoms with Crippen molar-refractivity contribution in [3.05, 3.63) is 64.6 Å². The molecule has 1 aliphatic rings. The molecule has 0 unspecified atom stereocenters. The molecule has 1 aliphatic heterocycles. The SMILES string of the molecule is CC(C)(O)COc1cc(N2CCC(C)(O)CC2)n2nc(-c3ccccc3Cl)c(-c3ccc(Cl)cc3)c2n1. The van der Waals surface area contributed by atoms with Gasteiger partial charge in [-0.1, -0.05) is 53.5 Å². The van der Waals surface area contributed by atoms with Crippen LogP contribution in [0.1, 0.15) is 33.6 Å². The van der Waals surface area contributed by atoms with Gasteiger partial charge in [0.25, 0.3) is 0 Å². The number of aliphatic hydroxyl groups is 2. The molecule has 1 fully saturated rings. The zero-order valence-corrected chi connectivity index (χ0v) is 22.6. The van der Waals surface area contributed by atoms with Gasteiger partial charge in [-0.15, -0.1) is 0 Å². The Morgan fingerprint density at radius 1 is 1.05 bits per heavy atom. The fraction of sp³-hybridized carbons (Fsp3) is 0.357. The second kappa shape index (κ2) is 9.80. The summed E-state index contributed by atoms with van der Waals surface area (Å²) in [6.07, 6.45) is 1.25. The molecule has 0 spiro atoms. The van der Waals surface area contributed by atoms with E-state index in [2.05, 4.69) is 4.90 Å². The summed E-state index contributed by atoms with van der Waals surface area (Å²) in [6.45, 7) is 6.61. The lowest BCUT2D eigenvalue weighted by molar-refractivity contribution is 0.0267. The van der Waals surface area contributed by atoms with Crippen LogP contribution < -0.4 is 9.64 Å². The largest absolute Gasteiger partial charge is 0.474 e. The van der Waals surface area contributed by atoms with Crippen LogP contribution in [0.15, 0.2) is 54.6 Å². The molecule has 0 atom stereocenters. The molecule has 7 nitrogen and oxygen atoms in total. The number of piperidine rings is 1. The van der Waals surface area contributed by atoms with Crippen molar-refractivity contribution >= 4 is 34.7 Å². The lowest BCUT2D eigenvalue weighted by Crippen LogP contribution is -2.43. The minimum atomic E-state index is -1.03. The van der Waals surface area contributed by atoms with E-state index in [-0.39, 0.29) is 6.61 Å². The highest BCUT2D eigenvalue weighted by atomic mass is 35.5. The Bertz CT molecular complexity index is 1420. The number of hydrogen-bond acceptors (Lipinski definition) is 6. The molecule has 0 aliphatic carbocycles. The fourth-order valence-electron chi connectivity index (χ4n) is 4.47. The molecule has 1 saturated heterocycles. The van der Waals surface area contributed by atoms with E-state index in [0.717, 1.165) is 22.5 Å². The topological polar surface area (TPSA) is 83.1 Å². The molecule has 194 valence electrons. The quantitative estimate of drug-likeness (QED) is 0.318. The Kier molecular flexibility index (Phi) is 6.83. The third-order valence-corrected chi connectivity index (χ3v) is 7.13. The Balaban J connectivity index is 1.76. The molecular weight excluding hydrogens is 511 g/mol. The van der Waals surface area contributed by atoms with E-state index < -0.39 is 11.2 Å². The summed E-state index contributed by atoms with van der Waals surface area (Å²) in [7, 11) is 0. The molecule has 9 heteroatoms. The minimum Gasteiger partial charge on any atom is -0.474 e. The first-order chi connectivity index (χ1) is 17.5. The lowest BCUT2D eigenvalue weighted by atomic mass is 9.94. The monoisotopic (exact) mass is 540 g/mol. The summed E-state index contributed by atoms with van der Waals surface area (Å²) < 4.78 is 7.79. The minimum absolute atomic E-state index is 0.0755. The number of anilines is 1. The number of fused-ring (bicyclic) bond motifs is 1. The van der Waals surface area contributed by atoms with E-state index >= 15 is 0 Å². The molecule has 4 aromatic rings. The third kappa shape index (κ3) is 5.55. The Labute approximate surface area is 226 Å². The number of aromatic nitrogens is 3. The number of ether oxygens (including phenoxy) is 1. The zero-order chi connectivity index (χ0) is 26.4. The van der Waals surface area contributed by atoms with Crippen LogP contribution in [0.5, 0.6) is 5.88 Å². The molecule has 3 heterocycles. The molecule has 5 rings (SSSR count). The smallest absolute Gasteiger partial charge is 0.219 e. The highest BCUT2D eigenvalue weighted by molar-refractivity contribution is 6.33. The van der Waals surface area contributed by atoms with Crippen LogP contribution in [-0.4, -0.2) is 55.7 Å². The summed E-state index contributed by atoms with van der Waals surface area (Å²) in [4.78, 5) is 7.03. The van der Waals surface area contributed by atoms with E-state index in [1.807, 2.05) is 66.0 Å². The maximum absolute atomic E-state index is 10.5. The van der Waals surface area contributed by atoms with E-state index in [1.165, 1.54) is 0 Å². The third-order valence-electron chi connectivity index (χ3n) is 6.55. The van der Waals surface area contributed by atoms with E-state index in [0.29, 0.717) is 53.2 Å². The highest BCUT2D eigenvalue weighted by Crippen LogP contribution is 2.40. The molecule has 2 N–H and O–H groups in total. The lowest BCUT2D eigenvalue weighted by Gasteiger charge is -2.37. The summed E-state index contributed by atoms with van der Waals surface area (Å²) in [5.41, 5.74) is 2.01. The predicted molar refractivity (Wildman–Crippen MR) is 148 cm³/mol. The van der Waals surface area contributed by atoms with Gasteiger partial charge in [0.1, 0.15) is 18.1 Å². The summed E-state index contributed by atoms with van der Waals surface area (Å²) in [5.74, 6) is 1.17. The Hall–Kier alpha value is -2.84. The van der Waals surface area contributed by atoms with Crippen molar-refractivity contribution < 1.29 is 14.9 Å². The molecule has 0 amide bonds. The summed E-state index contributed by atoms with van der Waals surface area (Å²) in [6, 6.07) is 17.0. The van der Waals surface area contributed by atoms with Crippen molar-refractivity contribution in [2.45, 2.75) is 44.8 Å². The van der Waals surface area contributed by atoms with Gasteiger partial charge in [-0.2, -0.15) is 14.6 Å². The van der Waals surface area contributed by atoms with Gasteiger partial charge >= 0.3 is 0 Å². The fourth-order valence-corrected chi connectivity index (χ4v) is 4.82. The molecule has 2 aromatic carbocycles. The van der Waals surface area contributed by atoms with E-state index in [4.69, 9.17) is 38.0 Å². The molecule has 0 radical (unpaired) electrons. The van der Waals surface area contributed by atoms with Crippen molar-refractivity contribution in [3.8, 4) is 28.3 Å². The van der Waals surface area contributed by atoms with Crippen LogP contribution in [0.25, 0.3) is 28.0 Å². The Morgan fingerprint density at radius 3 is 2.38 bits per heavy atom. The second-order valence-corrected chi connectivity index (χ2v) is 11.3. The average molecular weight is 541 g/mol. The Morgan fingerprint density at radius 2 is 1.73 bits per heavy atom. The van der Waals surface area contributed by atoms with Crippen LogP contribution in [0.2, 0.25) is 10.0 Å². The summed E-state index contributed by atoms with van der Waals surface area (Å²) >= 11 is 12.8. The van der Waals surface area contributed by atoms with E-state index in [1.54, 1.807) is 13.8 Å². The van der Waals surface area contributed by atoms with Gasteiger partial charge in [0.15, 0.2) is 5.65 Å². The molecule has 37 heavy (non-hydrogen) atoms. The van der Waals surface area contributed by atoms with Crippen molar-refractivity contribution in [2.75, 3.05) is 24.6 Å². The number of rotatable bonds is 6. The average Bonchev–Trinajstić information content (AvgIpc) is 3.22. The van der Waals surface area contributed by atoms with Gasteiger partial charge in [-0.3, -0.25) is 0 Å². The van der Waals surface area contributed by atoms with Gasteiger partial charge in [-0.25, -0.2) is 0 Å². The predicted octanol–water partition coefficient (Wildman–Crippen LogP) is 5.87. The number of nitrogens with zero attached hydrogens (tertiary/aromatic N) is 4. The standard InChI is InChI=1S/C28H30Cl2N4O3/c1-27(2,35)17-37-22-16-23(33-14-12-28(3,36)13-15-33)34-26(31-22)24(18-8-10-19(29)11-9-18)25(32-34)20-6-4-5-7-21(20)30/h4-11,16,35-36H,12-15,17H2,1-3H3. The zero-order valence-electron chi connectivity index (χ0n) is 21.1. The molecule has 2 aromatic heterocycles. The van der Waals surface area contributed by atoms with Crippen LogP contribution in [-0.2, 0) is 0 Å². The van der Waals surface area contributed by atoms with Crippen molar-refractivity contribution in [1.82, 2.24) is 14.6 Å². The van der Waals surface area contributed by atoms with Crippen LogP contribution in [0.3, 0.4) is 0 Å². The number of halogens is 2. The van der Waals surface area contributed by atoms with Gasteiger partial charge in [0.2, 0.25) is 5.88 Å². The van der Waals surface area contributed by atoms with Gasteiger partial charge < -0.3 is 19.8 Å². The first-order valence-electron chi connectivity index (χ1n) is 12.3. The van der Waals surface area contributed by atoms with Gasteiger partial charge in [0.05, 0.1) is 21.8 Å². The van der Waals surface area contributed by atoms with Crippen molar-refractivity contribution in [3.63, 3.8) is 0 Å². The van der Waals surface area contributed by atoms with Crippen molar-refractivity contribution in [2.24, 2.45) is 0 Å². The van der Waals surface area contributed by atoms with Gasteiger partial charge in [0, 0.05) is 29.7 Å². The van der Waals surface area contributed by atoms with Crippen LogP contribution >= 0.6 is 23.2 Å². The summed E-state index contributed by atoms with van der Waals surface area (Å²) in [5, 5.41) is 27.1. The number of benzene rings is 2. The molecule has 0 bridgehead atoms. The normalized spacial score (nSPS) is 15.8. The van der Waals surface area contributed by atoms with Crippen LogP contribution in [0.4, 0.5) is 5.82 Å². The van der Waals surface area contributed by atoms with Gasteiger partial charge in [-0.05, 0) is 57.4 Å². The first kappa shape index (κ1) is 25.8. The first-order valence-corrected chi connectivity index (χ1v) is 13.0.